The van der Waals surface area contributed by atoms with Gasteiger partial charge in [0.2, 0.25) is 5.90 Å². The molecule has 1 heterocycles. The zero-order valence-electron chi connectivity index (χ0n) is 14.0. The number of rotatable bonds is 6. The normalized spacial score (nSPS) is 14.9. The minimum Gasteiger partial charge on any atom is -0.493 e. The van der Waals surface area contributed by atoms with E-state index in [1.165, 1.54) is 24.3 Å². The van der Waals surface area contributed by atoms with Crippen LogP contribution < -0.4 is 4.74 Å². The van der Waals surface area contributed by atoms with Crippen molar-refractivity contribution in [1.29, 1.82) is 0 Å². The molecular weight excluding hydrogens is 336 g/mol. The first kappa shape index (κ1) is 17.3. The van der Waals surface area contributed by atoms with E-state index < -0.39 is 10.9 Å². The molecule has 0 N–H and O–H groups in total. The number of cyclic esters (lactones) is 1. The first-order valence-corrected chi connectivity index (χ1v) is 8.07. The summed E-state index contributed by atoms with van der Waals surface area (Å²) in [6.45, 7) is 2.41. The average molecular weight is 352 g/mol. The highest BCUT2D eigenvalue weighted by atomic mass is 16.6. The maximum absolute atomic E-state index is 12.1. The van der Waals surface area contributed by atoms with E-state index in [9.17, 15) is 14.9 Å². The van der Waals surface area contributed by atoms with Crippen LogP contribution in [0.3, 0.4) is 0 Å². The second kappa shape index (κ2) is 7.60. The smallest absolute Gasteiger partial charge is 0.363 e. The van der Waals surface area contributed by atoms with Crippen LogP contribution >= 0.6 is 0 Å². The van der Waals surface area contributed by atoms with Gasteiger partial charge in [0.1, 0.15) is 5.75 Å². The Balaban J connectivity index is 1.99. The molecule has 3 rings (SSSR count). The molecule has 0 atom stereocenters. The van der Waals surface area contributed by atoms with Gasteiger partial charge in [-0.25, -0.2) is 9.79 Å². The van der Waals surface area contributed by atoms with Gasteiger partial charge in [-0.1, -0.05) is 25.1 Å². The molecule has 7 nitrogen and oxygen atoms in total. The van der Waals surface area contributed by atoms with Gasteiger partial charge < -0.3 is 9.47 Å². The van der Waals surface area contributed by atoms with Crippen molar-refractivity contribution in [1.82, 2.24) is 0 Å². The van der Waals surface area contributed by atoms with Crippen molar-refractivity contribution in [3.8, 4) is 5.75 Å². The molecule has 132 valence electrons. The fourth-order valence-corrected chi connectivity index (χ4v) is 2.37. The van der Waals surface area contributed by atoms with E-state index in [0.717, 1.165) is 6.42 Å². The lowest BCUT2D eigenvalue weighted by Crippen LogP contribution is -2.05. The van der Waals surface area contributed by atoms with E-state index in [2.05, 4.69) is 4.99 Å². The van der Waals surface area contributed by atoms with Gasteiger partial charge >= 0.3 is 5.97 Å². The highest BCUT2D eigenvalue weighted by Gasteiger charge is 2.25. The molecule has 2 aromatic carbocycles. The second-order valence-electron chi connectivity index (χ2n) is 5.53. The maximum atomic E-state index is 12.1. The number of hydrogen-bond acceptors (Lipinski definition) is 6. The van der Waals surface area contributed by atoms with E-state index in [1.54, 1.807) is 12.1 Å². The summed E-state index contributed by atoms with van der Waals surface area (Å²) in [6.07, 6.45) is 2.22. The van der Waals surface area contributed by atoms with Gasteiger partial charge in [0.05, 0.1) is 11.5 Å². The molecule has 0 saturated carbocycles. The van der Waals surface area contributed by atoms with Crippen molar-refractivity contribution in [3.05, 3.63) is 75.5 Å². The third-order valence-electron chi connectivity index (χ3n) is 3.60. The van der Waals surface area contributed by atoms with Crippen molar-refractivity contribution < 1.29 is 19.2 Å². The fourth-order valence-electron chi connectivity index (χ4n) is 2.37. The van der Waals surface area contributed by atoms with Crippen LogP contribution in [-0.2, 0) is 9.53 Å². The summed E-state index contributed by atoms with van der Waals surface area (Å²) in [7, 11) is 0. The fraction of sp³-hybridized carbons (Fsp3) is 0.158. The summed E-state index contributed by atoms with van der Waals surface area (Å²) < 4.78 is 10.8. The Morgan fingerprint density at radius 3 is 2.69 bits per heavy atom. The molecule has 1 aliphatic heterocycles. The molecule has 0 bridgehead atoms. The standard InChI is InChI=1S/C19H16N2O5/c1-2-10-25-17-9-8-15(21(23)24)11-14(17)12-16-19(22)26-18(20-16)13-6-4-3-5-7-13/h3-9,11-12H,2,10H2,1H3/b16-12-. The lowest BCUT2D eigenvalue weighted by molar-refractivity contribution is -0.384. The SMILES string of the molecule is CCCOc1ccc([N+](=O)[O-])cc1/C=C1\N=C(c2ccccc2)OC1=O. The van der Waals surface area contributed by atoms with Crippen LogP contribution in [0, 0.1) is 10.1 Å². The Hall–Kier alpha value is -3.48. The van der Waals surface area contributed by atoms with Crippen molar-refractivity contribution >= 4 is 23.6 Å². The molecule has 7 heteroatoms. The summed E-state index contributed by atoms with van der Waals surface area (Å²) in [5.41, 5.74) is 1.04. The molecule has 26 heavy (non-hydrogen) atoms. The highest BCUT2D eigenvalue weighted by Crippen LogP contribution is 2.28. The van der Waals surface area contributed by atoms with Crippen LogP contribution in [0.4, 0.5) is 5.69 Å². The minimum absolute atomic E-state index is 0.0608. The monoisotopic (exact) mass is 352 g/mol. The van der Waals surface area contributed by atoms with E-state index >= 15 is 0 Å². The third-order valence-corrected chi connectivity index (χ3v) is 3.60. The summed E-state index contributed by atoms with van der Waals surface area (Å²) >= 11 is 0. The van der Waals surface area contributed by atoms with Gasteiger partial charge in [-0.15, -0.1) is 0 Å². The first-order valence-electron chi connectivity index (χ1n) is 8.07. The Kier molecular flexibility index (Phi) is 5.07. The number of ether oxygens (including phenoxy) is 2. The molecule has 0 unspecified atom stereocenters. The number of non-ortho nitro benzene ring substituents is 1. The Morgan fingerprint density at radius 1 is 1.23 bits per heavy atom. The minimum atomic E-state index is -0.614. The van der Waals surface area contributed by atoms with Gasteiger partial charge in [0.25, 0.3) is 5.69 Å². The lowest BCUT2D eigenvalue weighted by Gasteiger charge is -2.08. The molecule has 0 spiro atoms. The average Bonchev–Trinajstić information content (AvgIpc) is 3.02. The lowest BCUT2D eigenvalue weighted by atomic mass is 10.1. The van der Waals surface area contributed by atoms with Crippen LogP contribution in [-0.4, -0.2) is 23.4 Å². The number of aliphatic imine (C=N–C) groups is 1. The Morgan fingerprint density at radius 2 is 2.00 bits per heavy atom. The second-order valence-corrected chi connectivity index (χ2v) is 5.53. The zero-order valence-corrected chi connectivity index (χ0v) is 14.0. The number of esters is 1. The van der Waals surface area contributed by atoms with E-state index in [-0.39, 0.29) is 17.3 Å². The van der Waals surface area contributed by atoms with Crippen LogP contribution in [0.15, 0.2) is 59.2 Å². The summed E-state index contributed by atoms with van der Waals surface area (Å²) in [4.78, 5) is 26.9. The van der Waals surface area contributed by atoms with E-state index in [4.69, 9.17) is 9.47 Å². The number of carbonyl (C=O) groups excluding carboxylic acids is 1. The molecule has 0 saturated heterocycles. The number of benzene rings is 2. The van der Waals surface area contributed by atoms with E-state index in [1.807, 2.05) is 25.1 Å². The van der Waals surface area contributed by atoms with Crippen LogP contribution in [0.2, 0.25) is 0 Å². The largest absolute Gasteiger partial charge is 0.493 e. The molecular formula is C19H16N2O5. The predicted molar refractivity (Wildman–Crippen MR) is 95.9 cm³/mol. The van der Waals surface area contributed by atoms with Gasteiger partial charge in [-0.3, -0.25) is 10.1 Å². The molecule has 2 aromatic rings. The van der Waals surface area contributed by atoms with Gasteiger partial charge in [0.15, 0.2) is 5.70 Å². The first-order chi connectivity index (χ1) is 12.6. The highest BCUT2D eigenvalue weighted by molar-refractivity contribution is 6.12. The number of nitro benzene ring substituents is 1. The maximum Gasteiger partial charge on any atom is 0.363 e. The molecule has 0 aliphatic carbocycles. The van der Waals surface area contributed by atoms with Gasteiger partial charge in [-0.05, 0) is 30.7 Å². The van der Waals surface area contributed by atoms with Crippen LogP contribution in [0.25, 0.3) is 6.08 Å². The third kappa shape index (κ3) is 3.77. The number of nitrogens with zero attached hydrogens (tertiary/aromatic N) is 2. The zero-order chi connectivity index (χ0) is 18.5. The number of carbonyl (C=O) groups is 1. The van der Waals surface area contributed by atoms with Crippen molar-refractivity contribution in [2.75, 3.05) is 6.61 Å². The van der Waals surface area contributed by atoms with E-state index in [0.29, 0.717) is 23.5 Å². The van der Waals surface area contributed by atoms with Crippen molar-refractivity contribution in [2.24, 2.45) is 4.99 Å². The van der Waals surface area contributed by atoms with Crippen molar-refractivity contribution in [3.63, 3.8) is 0 Å². The topological polar surface area (TPSA) is 91.0 Å². The quantitative estimate of drug-likeness (QED) is 0.342. The Bertz CT molecular complexity index is 903. The summed E-state index contributed by atoms with van der Waals surface area (Å²) in [5, 5.41) is 11.0. The molecule has 0 amide bonds. The molecule has 0 aromatic heterocycles. The molecule has 0 fully saturated rings. The van der Waals surface area contributed by atoms with Crippen molar-refractivity contribution in [2.45, 2.75) is 13.3 Å². The van der Waals surface area contributed by atoms with Crippen LogP contribution in [0.1, 0.15) is 24.5 Å². The Labute approximate surface area is 149 Å². The molecule has 1 aliphatic rings. The van der Waals surface area contributed by atoms with Crippen LogP contribution in [0.5, 0.6) is 5.75 Å². The number of hydrogen-bond donors (Lipinski definition) is 0. The predicted octanol–water partition coefficient (Wildman–Crippen LogP) is 3.73. The molecule has 0 radical (unpaired) electrons. The summed E-state index contributed by atoms with van der Waals surface area (Å²) in [5.74, 6) is 0.0289. The number of nitro groups is 1. The van der Waals surface area contributed by atoms with Gasteiger partial charge in [-0.2, -0.15) is 0 Å². The van der Waals surface area contributed by atoms with Gasteiger partial charge in [0, 0.05) is 23.3 Å². The summed E-state index contributed by atoms with van der Waals surface area (Å²) in [6, 6.07) is 13.2.